The number of hydrogen-bond acceptors (Lipinski definition) is 8. The standard InChI is InChI=1S/C20H25N7O2/c1-14(28)21-11-16-9-6-10-27(13-16)20-19(22-17-18(23-20)25-29-24-17)26(2)12-15-7-4-3-5-8-15/h3-5,7-8,16H,6,9-13H2,1-2H3,(H,21,28)/t16-/m0/s1. The summed E-state index contributed by atoms with van der Waals surface area (Å²) in [4.78, 5) is 25.0. The molecule has 0 spiro atoms. The number of piperidine rings is 1. The topological polar surface area (TPSA) is 100 Å². The number of fused-ring (bicyclic) bond motifs is 1. The van der Waals surface area contributed by atoms with Crippen LogP contribution in [0.2, 0.25) is 0 Å². The molecule has 9 heteroatoms. The predicted octanol–water partition coefficient (Wildman–Crippen LogP) is 2.00. The molecule has 1 aromatic carbocycles. The second-order valence-corrected chi connectivity index (χ2v) is 7.52. The summed E-state index contributed by atoms with van der Waals surface area (Å²) in [6, 6.07) is 10.2. The van der Waals surface area contributed by atoms with Gasteiger partial charge in [-0.05, 0) is 34.6 Å². The number of anilines is 2. The van der Waals surface area contributed by atoms with Gasteiger partial charge in [-0.3, -0.25) is 4.79 Å². The molecule has 1 aliphatic heterocycles. The normalized spacial score (nSPS) is 16.8. The lowest BCUT2D eigenvalue weighted by molar-refractivity contribution is -0.119. The molecule has 1 saturated heterocycles. The lowest BCUT2D eigenvalue weighted by Crippen LogP contribution is -2.41. The molecule has 1 fully saturated rings. The number of nitrogens with zero attached hydrogens (tertiary/aromatic N) is 6. The van der Waals surface area contributed by atoms with Crippen molar-refractivity contribution in [2.24, 2.45) is 5.92 Å². The summed E-state index contributed by atoms with van der Waals surface area (Å²) in [5.74, 6) is 1.89. The van der Waals surface area contributed by atoms with E-state index in [9.17, 15) is 4.79 Å². The van der Waals surface area contributed by atoms with Gasteiger partial charge in [0, 0.05) is 40.2 Å². The Kier molecular flexibility index (Phi) is 5.55. The van der Waals surface area contributed by atoms with Crippen molar-refractivity contribution in [3.8, 4) is 0 Å². The monoisotopic (exact) mass is 395 g/mol. The average Bonchev–Trinajstić information content (AvgIpc) is 3.20. The smallest absolute Gasteiger partial charge is 0.245 e. The fraction of sp³-hybridized carbons (Fsp3) is 0.450. The maximum Gasteiger partial charge on any atom is 0.245 e. The molecular formula is C20H25N7O2. The van der Waals surface area contributed by atoms with Gasteiger partial charge in [0.05, 0.1) is 0 Å². The highest BCUT2D eigenvalue weighted by molar-refractivity contribution is 5.75. The maximum atomic E-state index is 11.3. The van der Waals surface area contributed by atoms with Gasteiger partial charge >= 0.3 is 0 Å². The van der Waals surface area contributed by atoms with Gasteiger partial charge in [0.15, 0.2) is 11.6 Å². The zero-order chi connectivity index (χ0) is 20.2. The van der Waals surface area contributed by atoms with Crippen LogP contribution in [0.3, 0.4) is 0 Å². The number of carbonyl (C=O) groups excluding carboxylic acids is 1. The molecule has 0 bridgehead atoms. The van der Waals surface area contributed by atoms with Crippen LogP contribution in [-0.4, -0.2) is 52.9 Å². The molecule has 4 rings (SSSR count). The second kappa shape index (κ2) is 8.42. The molecular weight excluding hydrogens is 370 g/mol. The van der Waals surface area contributed by atoms with Gasteiger partial charge in [0.1, 0.15) is 0 Å². The van der Waals surface area contributed by atoms with Gasteiger partial charge in [-0.2, -0.15) is 0 Å². The molecule has 0 radical (unpaired) electrons. The number of hydrogen-bond donors (Lipinski definition) is 1. The number of carbonyl (C=O) groups is 1. The summed E-state index contributed by atoms with van der Waals surface area (Å²) in [5, 5.41) is 10.7. The van der Waals surface area contributed by atoms with Crippen LogP contribution in [-0.2, 0) is 11.3 Å². The van der Waals surface area contributed by atoms with E-state index >= 15 is 0 Å². The van der Waals surface area contributed by atoms with E-state index in [0.717, 1.165) is 37.6 Å². The molecule has 1 aliphatic rings. The number of aromatic nitrogens is 4. The molecule has 3 aromatic rings. The molecule has 9 nitrogen and oxygen atoms in total. The Morgan fingerprint density at radius 3 is 2.76 bits per heavy atom. The van der Waals surface area contributed by atoms with Gasteiger partial charge in [-0.25, -0.2) is 14.6 Å². The average molecular weight is 395 g/mol. The minimum Gasteiger partial charge on any atom is -0.356 e. The van der Waals surface area contributed by atoms with Crippen molar-refractivity contribution in [3.05, 3.63) is 35.9 Å². The zero-order valence-electron chi connectivity index (χ0n) is 16.7. The Balaban J connectivity index is 1.62. The quantitative estimate of drug-likeness (QED) is 0.676. The fourth-order valence-corrected chi connectivity index (χ4v) is 3.73. The molecule has 29 heavy (non-hydrogen) atoms. The van der Waals surface area contributed by atoms with E-state index in [1.807, 2.05) is 25.2 Å². The molecule has 152 valence electrons. The van der Waals surface area contributed by atoms with Crippen LogP contribution in [0.4, 0.5) is 11.6 Å². The molecule has 0 saturated carbocycles. The number of rotatable bonds is 6. The van der Waals surface area contributed by atoms with Crippen molar-refractivity contribution in [2.75, 3.05) is 36.5 Å². The third kappa shape index (κ3) is 4.44. The minimum atomic E-state index is 0.000268. The van der Waals surface area contributed by atoms with Crippen LogP contribution >= 0.6 is 0 Å². The van der Waals surface area contributed by atoms with Gasteiger partial charge in [0.2, 0.25) is 17.2 Å². The van der Waals surface area contributed by atoms with Crippen molar-refractivity contribution < 1.29 is 9.42 Å². The Bertz CT molecular complexity index is 975. The minimum absolute atomic E-state index is 0.000268. The van der Waals surface area contributed by atoms with E-state index in [2.05, 4.69) is 37.6 Å². The van der Waals surface area contributed by atoms with Crippen LogP contribution in [0, 0.1) is 5.92 Å². The third-order valence-electron chi connectivity index (χ3n) is 5.16. The Labute approximate surface area is 169 Å². The van der Waals surface area contributed by atoms with Gasteiger partial charge in [-0.1, -0.05) is 30.3 Å². The maximum absolute atomic E-state index is 11.3. The largest absolute Gasteiger partial charge is 0.356 e. The molecule has 1 atom stereocenters. The first kappa shape index (κ1) is 19.1. The van der Waals surface area contributed by atoms with Crippen LogP contribution in [0.15, 0.2) is 35.0 Å². The SMILES string of the molecule is CC(=O)NC[C@@H]1CCCN(c2nc3nonc3nc2N(C)Cc2ccccc2)C1. The first-order valence-corrected chi connectivity index (χ1v) is 9.85. The van der Waals surface area contributed by atoms with Crippen molar-refractivity contribution in [2.45, 2.75) is 26.3 Å². The fourth-order valence-electron chi connectivity index (χ4n) is 3.73. The van der Waals surface area contributed by atoms with Gasteiger partial charge in [-0.15, -0.1) is 0 Å². The number of amides is 1. The summed E-state index contributed by atoms with van der Waals surface area (Å²) in [7, 11) is 2.00. The lowest BCUT2D eigenvalue weighted by atomic mass is 9.98. The summed E-state index contributed by atoms with van der Waals surface area (Å²) >= 11 is 0. The van der Waals surface area contributed by atoms with Crippen molar-refractivity contribution in [3.63, 3.8) is 0 Å². The predicted molar refractivity (Wildman–Crippen MR) is 110 cm³/mol. The molecule has 1 N–H and O–H groups in total. The van der Waals surface area contributed by atoms with Crippen LogP contribution in [0.5, 0.6) is 0 Å². The van der Waals surface area contributed by atoms with Gasteiger partial charge < -0.3 is 15.1 Å². The highest BCUT2D eigenvalue weighted by Crippen LogP contribution is 2.30. The van der Waals surface area contributed by atoms with E-state index in [0.29, 0.717) is 30.3 Å². The van der Waals surface area contributed by atoms with E-state index in [-0.39, 0.29) is 5.91 Å². The van der Waals surface area contributed by atoms with Crippen LogP contribution < -0.4 is 15.1 Å². The van der Waals surface area contributed by atoms with E-state index in [4.69, 9.17) is 14.6 Å². The molecule has 0 aliphatic carbocycles. The summed E-state index contributed by atoms with van der Waals surface area (Å²) in [6.07, 6.45) is 2.11. The first-order chi connectivity index (χ1) is 14.1. The Hall–Kier alpha value is -3.23. The highest BCUT2D eigenvalue weighted by atomic mass is 16.6. The van der Waals surface area contributed by atoms with Crippen molar-refractivity contribution in [1.29, 1.82) is 0 Å². The number of nitrogens with one attached hydrogen (secondary N) is 1. The van der Waals surface area contributed by atoms with Crippen molar-refractivity contribution >= 4 is 28.8 Å². The second-order valence-electron chi connectivity index (χ2n) is 7.52. The number of benzene rings is 1. The van der Waals surface area contributed by atoms with E-state index < -0.39 is 0 Å². The highest BCUT2D eigenvalue weighted by Gasteiger charge is 2.26. The van der Waals surface area contributed by atoms with Crippen molar-refractivity contribution in [1.82, 2.24) is 25.6 Å². The Morgan fingerprint density at radius 1 is 1.24 bits per heavy atom. The van der Waals surface area contributed by atoms with Crippen LogP contribution in [0.1, 0.15) is 25.3 Å². The lowest BCUT2D eigenvalue weighted by Gasteiger charge is -2.35. The van der Waals surface area contributed by atoms with Gasteiger partial charge in [0.25, 0.3) is 0 Å². The Morgan fingerprint density at radius 2 is 2.00 bits per heavy atom. The molecule has 1 amide bonds. The summed E-state index contributed by atoms with van der Waals surface area (Å²) < 4.78 is 4.84. The zero-order valence-corrected chi connectivity index (χ0v) is 16.7. The van der Waals surface area contributed by atoms with E-state index in [1.54, 1.807) is 6.92 Å². The third-order valence-corrected chi connectivity index (χ3v) is 5.16. The molecule has 0 unspecified atom stereocenters. The summed E-state index contributed by atoms with van der Waals surface area (Å²) in [6.45, 7) is 4.60. The van der Waals surface area contributed by atoms with Crippen LogP contribution in [0.25, 0.3) is 11.3 Å². The molecule has 2 aromatic heterocycles. The first-order valence-electron chi connectivity index (χ1n) is 9.85. The molecule has 3 heterocycles. The van der Waals surface area contributed by atoms with E-state index in [1.165, 1.54) is 5.56 Å². The summed E-state index contributed by atoms with van der Waals surface area (Å²) in [5.41, 5.74) is 1.99.